The SMILES string of the molecule is Cc1ncsc1CN1CCCCC1c1nc(CCOCC2CCOCC2)no1. The van der Waals surface area contributed by atoms with Crippen molar-refractivity contribution in [1.29, 1.82) is 0 Å². The van der Waals surface area contributed by atoms with E-state index in [1.807, 2.05) is 5.51 Å². The molecule has 0 N–H and O–H groups in total. The van der Waals surface area contributed by atoms with Crippen LogP contribution in [-0.2, 0) is 22.4 Å². The van der Waals surface area contributed by atoms with Crippen molar-refractivity contribution in [3.05, 3.63) is 27.8 Å². The van der Waals surface area contributed by atoms with E-state index in [2.05, 4.69) is 26.9 Å². The van der Waals surface area contributed by atoms with Crippen LogP contribution in [-0.4, -0.2) is 53.0 Å². The molecular formula is C20H30N4O3S. The molecule has 4 heterocycles. The summed E-state index contributed by atoms with van der Waals surface area (Å²) in [5, 5.41) is 4.20. The molecule has 7 nitrogen and oxygen atoms in total. The standard InChI is InChI=1S/C20H30N4O3S/c1-15-18(28-14-21-15)12-24-8-3-2-4-17(24)20-22-19(23-27-20)7-11-26-13-16-5-9-25-10-6-16/h14,16-17H,2-13H2,1H3. The summed E-state index contributed by atoms with van der Waals surface area (Å²) in [6, 6.07) is 0.208. The van der Waals surface area contributed by atoms with Crippen LogP contribution in [0.2, 0.25) is 0 Å². The van der Waals surface area contributed by atoms with Gasteiger partial charge in [0.1, 0.15) is 0 Å². The highest BCUT2D eigenvalue weighted by atomic mass is 32.1. The van der Waals surface area contributed by atoms with Crippen molar-refractivity contribution in [2.75, 3.05) is 33.0 Å². The molecule has 1 atom stereocenters. The molecule has 2 aliphatic heterocycles. The number of aryl methyl sites for hydroxylation is 1. The Morgan fingerprint density at radius 1 is 1.25 bits per heavy atom. The molecule has 2 aromatic rings. The first-order valence-corrected chi connectivity index (χ1v) is 11.3. The predicted molar refractivity (Wildman–Crippen MR) is 106 cm³/mol. The normalized spacial score (nSPS) is 22.0. The van der Waals surface area contributed by atoms with Crippen LogP contribution in [0.25, 0.3) is 0 Å². The largest absolute Gasteiger partial charge is 0.381 e. The number of aromatic nitrogens is 3. The average molecular weight is 407 g/mol. The second-order valence-corrected chi connectivity index (χ2v) is 8.71. The monoisotopic (exact) mass is 406 g/mol. The molecular weight excluding hydrogens is 376 g/mol. The van der Waals surface area contributed by atoms with Crippen molar-refractivity contribution in [2.45, 2.75) is 58.0 Å². The Balaban J connectivity index is 1.28. The molecule has 0 amide bonds. The summed E-state index contributed by atoms with van der Waals surface area (Å²) < 4.78 is 16.9. The van der Waals surface area contributed by atoms with E-state index in [9.17, 15) is 0 Å². The van der Waals surface area contributed by atoms with Gasteiger partial charge in [0.15, 0.2) is 5.82 Å². The van der Waals surface area contributed by atoms with Gasteiger partial charge in [-0.3, -0.25) is 4.90 Å². The van der Waals surface area contributed by atoms with Gasteiger partial charge in [-0.2, -0.15) is 4.98 Å². The molecule has 2 saturated heterocycles. The Kier molecular flexibility index (Phi) is 7.06. The zero-order valence-electron chi connectivity index (χ0n) is 16.6. The van der Waals surface area contributed by atoms with E-state index in [1.165, 1.54) is 17.7 Å². The molecule has 2 fully saturated rings. The molecule has 8 heteroatoms. The summed E-state index contributed by atoms with van der Waals surface area (Å²) in [4.78, 5) is 12.9. The number of nitrogens with zero attached hydrogens (tertiary/aromatic N) is 4. The van der Waals surface area contributed by atoms with Gasteiger partial charge in [-0.15, -0.1) is 11.3 Å². The van der Waals surface area contributed by atoms with E-state index >= 15 is 0 Å². The second kappa shape index (κ2) is 9.91. The molecule has 0 spiro atoms. The highest BCUT2D eigenvalue weighted by Crippen LogP contribution is 2.32. The molecule has 28 heavy (non-hydrogen) atoms. The highest BCUT2D eigenvalue weighted by molar-refractivity contribution is 7.09. The van der Waals surface area contributed by atoms with E-state index < -0.39 is 0 Å². The lowest BCUT2D eigenvalue weighted by Crippen LogP contribution is -2.33. The third-order valence-electron chi connectivity index (χ3n) is 5.74. The summed E-state index contributed by atoms with van der Waals surface area (Å²) in [5.41, 5.74) is 3.05. The van der Waals surface area contributed by atoms with Crippen LogP contribution in [0.3, 0.4) is 0 Å². The third kappa shape index (κ3) is 5.17. The van der Waals surface area contributed by atoms with Crippen molar-refractivity contribution < 1.29 is 14.0 Å². The minimum Gasteiger partial charge on any atom is -0.381 e. The van der Waals surface area contributed by atoms with Gasteiger partial charge >= 0.3 is 0 Å². The van der Waals surface area contributed by atoms with Gasteiger partial charge in [-0.25, -0.2) is 4.98 Å². The van der Waals surface area contributed by atoms with Crippen LogP contribution < -0.4 is 0 Å². The summed E-state index contributed by atoms with van der Waals surface area (Å²) >= 11 is 1.73. The number of hydrogen-bond acceptors (Lipinski definition) is 8. The lowest BCUT2D eigenvalue weighted by atomic mass is 10.0. The maximum Gasteiger partial charge on any atom is 0.244 e. The van der Waals surface area contributed by atoms with E-state index in [0.29, 0.717) is 18.9 Å². The fourth-order valence-electron chi connectivity index (χ4n) is 3.95. The summed E-state index contributed by atoms with van der Waals surface area (Å²) in [6.07, 6.45) is 6.39. The quantitative estimate of drug-likeness (QED) is 0.621. The van der Waals surface area contributed by atoms with E-state index in [1.54, 1.807) is 11.3 Å². The van der Waals surface area contributed by atoms with Gasteiger partial charge in [0.2, 0.25) is 5.89 Å². The molecule has 0 aliphatic carbocycles. The fraction of sp³-hybridized carbons (Fsp3) is 0.750. The molecule has 4 rings (SSSR count). The highest BCUT2D eigenvalue weighted by Gasteiger charge is 2.29. The number of rotatable bonds is 8. The maximum atomic E-state index is 5.84. The third-order valence-corrected chi connectivity index (χ3v) is 6.66. The van der Waals surface area contributed by atoms with Crippen LogP contribution in [0, 0.1) is 12.8 Å². The lowest BCUT2D eigenvalue weighted by molar-refractivity contribution is 0.0211. The van der Waals surface area contributed by atoms with Crippen molar-refractivity contribution in [2.24, 2.45) is 5.92 Å². The lowest BCUT2D eigenvalue weighted by Gasteiger charge is -2.33. The average Bonchev–Trinajstić information content (AvgIpc) is 3.36. The summed E-state index contributed by atoms with van der Waals surface area (Å²) in [6.45, 7) is 7.22. The van der Waals surface area contributed by atoms with Gasteiger partial charge in [0.05, 0.1) is 23.9 Å². The van der Waals surface area contributed by atoms with Crippen molar-refractivity contribution >= 4 is 11.3 Å². The predicted octanol–water partition coefficient (Wildman–Crippen LogP) is 3.55. The van der Waals surface area contributed by atoms with E-state index in [0.717, 1.165) is 69.6 Å². The Morgan fingerprint density at radius 3 is 2.96 bits per heavy atom. The van der Waals surface area contributed by atoms with E-state index in [4.69, 9.17) is 14.0 Å². The molecule has 154 valence electrons. The Bertz CT molecular complexity index is 729. The molecule has 0 bridgehead atoms. The summed E-state index contributed by atoms with van der Waals surface area (Å²) in [7, 11) is 0. The van der Waals surface area contributed by atoms with Gasteiger partial charge in [-0.1, -0.05) is 11.6 Å². The van der Waals surface area contributed by atoms with Crippen molar-refractivity contribution in [1.82, 2.24) is 20.0 Å². The van der Waals surface area contributed by atoms with Gasteiger partial charge in [0.25, 0.3) is 0 Å². The maximum absolute atomic E-state index is 5.84. The first-order chi connectivity index (χ1) is 13.8. The van der Waals surface area contributed by atoms with Gasteiger partial charge in [-0.05, 0) is 45.1 Å². The van der Waals surface area contributed by atoms with Crippen LogP contribution in [0.15, 0.2) is 10.0 Å². The van der Waals surface area contributed by atoms with Crippen LogP contribution in [0.1, 0.15) is 60.4 Å². The Morgan fingerprint density at radius 2 is 2.14 bits per heavy atom. The number of likely N-dealkylation sites (tertiary alicyclic amines) is 1. The smallest absolute Gasteiger partial charge is 0.244 e. The van der Waals surface area contributed by atoms with Crippen molar-refractivity contribution in [3.63, 3.8) is 0 Å². The molecule has 0 aromatic carbocycles. The number of piperidine rings is 1. The zero-order valence-corrected chi connectivity index (χ0v) is 17.5. The van der Waals surface area contributed by atoms with Crippen molar-refractivity contribution in [3.8, 4) is 0 Å². The molecule has 2 aromatic heterocycles. The van der Waals surface area contributed by atoms with Gasteiger partial charge in [0, 0.05) is 37.7 Å². The molecule has 1 unspecified atom stereocenters. The fourth-order valence-corrected chi connectivity index (χ4v) is 4.75. The second-order valence-electron chi connectivity index (χ2n) is 7.77. The number of ether oxygens (including phenoxy) is 2. The molecule has 0 radical (unpaired) electrons. The number of thiazole rings is 1. The topological polar surface area (TPSA) is 73.5 Å². The minimum absolute atomic E-state index is 0.208. The van der Waals surface area contributed by atoms with Gasteiger partial charge < -0.3 is 14.0 Å². The zero-order chi connectivity index (χ0) is 19.2. The van der Waals surface area contributed by atoms with Crippen LogP contribution in [0.5, 0.6) is 0 Å². The van der Waals surface area contributed by atoms with Crippen LogP contribution in [0.4, 0.5) is 0 Å². The number of hydrogen-bond donors (Lipinski definition) is 0. The summed E-state index contributed by atoms with van der Waals surface area (Å²) in [5.74, 6) is 2.13. The Hall–Kier alpha value is -1.35. The van der Waals surface area contributed by atoms with Crippen LogP contribution >= 0.6 is 11.3 Å². The molecule has 2 aliphatic rings. The Labute approximate surface area is 170 Å². The minimum atomic E-state index is 0.208. The van der Waals surface area contributed by atoms with E-state index in [-0.39, 0.29) is 6.04 Å². The first-order valence-electron chi connectivity index (χ1n) is 10.4. The first kappa shape index (κ1) is 19.9. The molecule has 0 saturated carbocycles.